The monoisotopic (exact) mass is 367 g/mol. The van der Waals surface area contributed by atoms with Crippen molar-refractivity contribution in [2.75, 3.05) is 19.0 Å². The summed E-state index contributed by atoms with van der Waals surface area (Å²) >= 11 is 6.61. The van der Waals surface area contributed by atoms with Gasteiger partial charge in [-0.1, -0.05) is 12.8 Å². The van der Waals surface area contributed by atoms with Gasteiger partial charge in [0.15, 0.2) is 16.6 Å². The second-order valence-electron chi connectivity index (χ2n) is 5.72. The number of hydrogen-bond acceptors (Lipinski definition) is 5. The molecule has 1 amide bonds. The molecule has 1 aromatic carbocycles. The van der Waals surface area contributed by atoms with Crippen LogP contribution in [0.1, 0.15) is 25.7 Å². The first-order valence-corrected chi connectivity index (χ1v) is 9.48. The maximum absolute atomic E-state index is 11.9. The van der Waals surface area contributed by atoms with E-state index >= 15 is 0 Å². The molecule has 1 heterocycles. The molecule has 2 aliphatic rings. The highest BCUT2D eigenvalue weighted by atomic mass is 32.2. The van der Waals surface area contributed by atoms with Gasteiger partial charge in [0.05, 0.1) is 5.75 Å². The van der Waals surface area contributed by atoms with Gasteiger partial charge in [-0.05, 0) is 43.3 Å². The first-order valence-electron chi connectivity index (χ1n) is 8.08. The molecule has 6 nitrogen and oxygen atoms in total. The Bertz CT molecular complexity index is 606. The molecular weight excluding hydrogens is 346 g/mol. The summed E-state index contributed by atoms with van der Waals surface area (Å²) in [5.41, 5.74) is 5.38. The molecule has 1 aromatic rings. The van der Waals surface area contributed by atoms with Gasteiger partial charge in [-0.15, -0.1) is 11.8 Å². The van der Waals surface area contributed by atoms with Crippen LogP contribution >= 0.6 is 24.0 Å². The minimum absolute atomic E-state index is 0.134. The van der Waals surface area contributed by atoms with E-state index in [2.05, 4.69) is 16.2 Å². The molecule has 0 atom stereocenters. The number of thiocarbonyl (C=S) groups is 1. The molecule has 130 valence electrons. The third-order valence-electron chi connectivity index (χ3n) is 3.89. The van der Waals surface area contributed by atoms with E-state index in [9.17, 15) is 4.79 Å². The molecule has 1 aliphatic heterocycles. The number of fused-ring (bicyclic) bond motifs is 1. The summed E-state index contributed by atoms with van der Waals surface area (Å²) < 4.78 is 11.0. The fraction of sp³-hybridized carbons (Fsp3) is 0.500. The van der Waals surface area contributed by atoms with Crippen molar-refractivity contribution in [1.29, 1.82) is 0 Å². The fourth-order valence-corrected chi connectivity index (χ4v) is 3.66. The summed E-state index contributed by atoms with van der Waals surface area (Å²) in [6, 6.07) is 6.11. The molecule has 3 rings (SSSR count). The minimum atomic E-state index is -0.134. The molecule has 1 saturated carbocycles. The third-order valence-corrected chi connectivity index (χ3v) is 5.10. The van der Waals surface area contributed by atoms with Crippen molar-refractivity contribution in [3.05, 3.63) is 18.2 Å². The van der Waals surface area contributed by atoms with Gasteiger partial charge in [-0.25, -0.2) is 0 Å². The minimum Gasteiger partial charge on any atom is -0.486 e. The first kappa shape index (κ1) is 17.2. The number of amides is 1. The van der Waals surface area contributed by atoms with Gasteiger partial charge < -0.3 is 14.8 Å². The quantitative estimate of drug-likeness (QED) is 0.427. The number of thioether (sulfide) groups is 1. The Morgan fingerprint density at radius 3 is 2.71 bits per heavy atom. The normalized spacial score (nSPS) is 16.5. The molecule has 0 radical (unpaired) electrons. The third kappa shape index (κ3) is 4.91. The number of hydrogen-bond donors (Lipinski definition) is 3. The van der Waals surface area contributed by atoms with Crippen LogP contribution in [0.15, 0.2) is 23.1 Å². The standard InChI is InChI=1S/C16H21N3O3S2/c20-15(18-19-16(23)17-11-3-1-2-4-11)10-24-12-5-6-13-14(9-12)22-8-7-21-13/h5-6,9,11H,1-4,7-8,10H2,(H,18,20)(H2,17,19,23). The van der Waals surface area contributed by atoms with Gasteiger partial charge in [0, 0.05) is 10.9 Å². The lowest BCUT2D eigenvalue weighted by molar-refractivity contribution is -0.119. The second-order valence-corrected chi connectivity index (χ2v) is 7.18. The lowest BCUT2D eigenvalue weighted by Crippen LogP contribution is -2.49. The summed E-state index contributed by atoms with van der Waals surface area (Å²) in [5, 5.41) is 3.68. The Labute approximate surface area is 151 Å². The van der Waals surface area contributed by atoms with Crippen molar-refractivity contribution in [1.82, 2.24) is 16.2 Å². The lowest BCUT2D eigenvalue weighted by Gasteiger charge is -2.18. The average molecular weight is 367 g/mol. The molecule has 1 fully saturated rings. The van der Waals surface area contributed by atoms with Crippen LogP contribution in [0.4, 0.5) is 0 Å². The Hall–Kier alpha value is -1.67. The zero-order valence-corrected chi connectivity index (χ0v) is 14.9. The van der Waals surface area contributed by atoms with Gasteiger partial charge in [-0.3, -0.25) is 15.6 Å². The average Bonchev–Trinajstić information content (AvgIpc) is 3.11. The number of hydrazine groups is 1. The molecule has 0 saturated heterocycles. The van der Waals surface area contributed by atoms with E-state index in [0.717, 1.165) is 29.2 Å². The van der Waals surface area contributed by atoms with E-state index in [1.807, 2.05) is 18.2 Å². The van der Waals surface area contributed by atoms with Crippen LogP contribution in [0.25, 0.3) is 0 Å². The van der Waals surface area contributed by atoms with Crippen LogP contribution in [0.3, 0.4) is 0 Å². The topological polar surface area (TPSA) is 71.6 Å². The van der Waals surface area contributed by atoms with E-state index in [0.29, 0.717) is 30.1 Å². The fourth-order valence-electron chi connectivity index (χ4n) is 2.72. The maximum Gasteiger partial charge on any atom is 0.248 e. The van der Waals surface area contributed by atoms with Crippen molar-refractivity contribution < 1.29 is 14.3 Å². The van der Waals surface area contributed by atoms with Crippen LogP contribution in [0.5, 0.6) is 11.5 Å². The van der Waals surface area contributed by atoms with Gasteiger partial charge in [0.2, 0.25) is 5.91 Å². The van der Waals surface area contributed by atoms with E-state index < -0.39 is 0 Å². The number of ether oxygens (including phenoxy) is 2. The zero-order chi connectivity index (χ0) is 16.8. The Balaban J connectivity index is 1.38. The summed E-state index contributed by atoms with van der Waals surface area (Å²) in [4.78, 5) is 12.9. The molecule has 8 heteroatoms. The summed E-state index contributed by atoms with van der Waals surface area (Å²) in [7, 11) is 0. The molecule has 0 aromatic heterocycles. The summed E-state index contributed by atoms with van der Waals surface area (Å²) in [6.07, 6.45) is 4.74. The second kappa shape index (κ2) is 8.43. The predicted octanol–water partition coefficient (Wildman–Crippen LogP) is 1.99. The van der Waals surface area contributed by atoms with Crippen molar-refractivity contribution in [3.8, 4) is 11.5 Å². The van der Waals surface area contributed by atoms with Crippen LogP contribution < -0.4 is 25.6 Å². The highest BCUT2D eigenvalue weighted by molar-refractivity contribution is 8.00. The summed E-state index contributed by atoms with van der Waals surface area (Å²) in [6.45, 7) is 1.12. The number of rotatable bonds is 4. The molecule has 0 spiro atoms. The number of benzene rings is 1. The van der Waals surface area contributed by atoms with E-state index in [-0.39, 0.29) is 5.91 Å². The van der Waals surface area contributed by atoms with Crippen molar-refractivity contribution in [2.24, 2.45) is 0 Å². The smallest absolute Gasteiger partial charge is 0.248 e. The number of nitrogens with one attached hydrogen (secondary N) is 3. The number of carbonyl (C=O) groups is 1. The number of carbonyl (C=O) groups excluding carboxylic acids is 1. The summed E-state index contributed by atoms with van der Waals surface area (Å²) in [5.74, 6) is 1.64. The van der Waals surface area contributed by atoms with Crippen molar-refractivity contribution >= 4 is 35.0 Å². The Morgan fingerprint density at radius 1 is 1.17 bits per heavy atom. The van der Waals surface area contributed by atoms with E-state index in [1.165, 1.54) is 24.6 Å². The van der Waals surface area contributed by atoms with E-state index in [4.69, 9.17) is 21.7 Å². The lowest BCUT2D eigenvalue weighted by atomic mass is 10.3. The Morgan fingerprint density at radius 2 is 1.92 bits per heavy atom. The van der Waals surface area contributed by atoms with E-state index in [1.54, 1.807) is 0 Å². The molecule has 3 N–H and O–H groups in total. The molecular formula is C16H21N3O3S2. The SMILES string of the molecule is O=C(CSc1ccc2c(c1)OCCO2)NNC(=S)NC1CCCC1. The maximum atomic E-state index is 11.9. The van der Waals surface area contributed by atoms with Crippen LogP contribution in [0, 0.1) is 0 Å². The van der Waals surface area contributed by atoms with Crippen molar-refractivity contribution in [3.63, 3.8) is 0 Å². The zero-order valence-electron chi connectivity index (χ0n) is 13.3. The van der Waals surface area contributed by atoms with Crippen LogP contribution in [-0.2, 0) is 4.79 Å². The van der Waals surface area contributed by atoms with Gasteiger partial charge in [0.1, 0.15) is 13.2 Å². The van der Waals surface area contributed by atoms with Crippen LogP contribution in [0.2, 0.25) is 0 Å². The van der Waals surface area contributed by atoms with Crippen molar-refractivity contribution in [2.45, 2.75) is 36.6 Å². The largest absolute Gasteiger partial charge is 0.486 e. The molecule has 24 heavy (non-hydrogen) atoms. The van der Waals surface area contributed by atoms with Gasteiger partial charge in [0.25, 0.3) is 0 Å². The molecule has 0 bridgehead atoms. The first-order chi connectivity index (χ1) is 11.7. The highest BCUT2D eigenvalue weighted by Gasteiger charge is 2.16. The van der Waals surface area contributed by atoms with Gasteiger partial charge >= 0.3 is 0 Å². The Kier molecular flexibility index (Phi) is 6.03. The predicted molar refractivity (Wildman–Crippen MR) is 97.4 cm³/mol. The molecule has 0 unspecified atom stereocenters. The molecule has 1 aliphatic carbocycles. The van der Waals surface area contributed by atoms with Gasteiger partial charge in [-0.2, -0.15) is 0 Å². The highest BCUT2D eigenvalue weighted by Crippen LogP contribution is 2.34. The van der Waals surface area contributed by atoms with Crippen LogP contribution in [-0.4, -0.2) is 36.0 Å².